The van der Waals surface area contributed by atoms with Crippen LogP contribution in [-0.4, -0.2) is 19.5 Å². The molecule has 0 bridgehead atoms. The van der Waals surface area contributed by atoms with Gasteiger partial charge in [0.25, 0.3) is 0 Å². The van der Waals surface area contributed by atoms with Crippen molar-refractivity contribution >= 4 is 22.1 Å². The Balaban J connectivity index is 1.74. The number of H-pyrrole nitrogens is 1. The molecule has 5 aromatic rings. The Hall–Kier alpha value is -3.40. The molecule has 1 N–H and O–H groups in total. The first-order valence-electron chi connectivity index (χ1n) is 8.26. The summed E-state index contributed by atoms with van der Waals surface area (Å²) >= 11 is 0. The molecule has 0 unspecified atom stereocenters. The maximum Gasteiger partial charge on any atom is 0.137 e. The minimum atomic E-state index is 0.907. The number of aromatic nitrogens is 4. The third-order valence-corrected chi connectivity index (χ3v) is 4.60. The van der Waals surface area contributed by atoms with E-state index in [2.05, 4.69) is 81.0 Å². The summed E-state index contributed by atoms with van der Waals surface area (Å²) in [6.45, 7) is 2.10. The number of rotatable bonds is 2. The largest absolute Gasteiger partial charge is 0.346 e. The van der Waals surface area contributed by atoms with Gasteiger partial charge in [-0.2, -0.15) is 0 Å². The quantitative estimate of drug-likeness (QED) is 0.503. The topological polar surface area (TPSA) is 46.5 Å². The monoisotopic (exact) mass is 324 g/mol. The number of benzene rings is 2. The van der Waals surface area contributed by atoms with Gasteiger partial charge in [-0.05, 0) is 60.0 Å². The Morgan fingerprint density at radius 2 is 1.92 bits per heavy atom. The van der Waals surface area contributed by atoms with Gasteiger partial charge in [-0.1, -0.05) is 18.2 Å². The summed E-state index contributed by atoms with van der Waals surface area (Å²) in [6.07, 6.45) is 5.66. The molecule has 4 heteroatoms. The fourth-order valence-electron chi connectivity index (χ4n) is 3.37. The van der Waals surface area contributed by atoms with Gasteiger partial charge in [0.1, 0.15) is 12.0 Å². The zero-order valence-corrected chi connectivity index (χ0v) is 13.8. The van der Waals surface area contributed by atoms with Crippen LogP contribution in [0.25, 0.3) is 38.9 Å². The van der Waals surface area contributed by atoms with Gasteiger partial charge in [0.2, 0.25) is 0 Å². The molecular formula is C21H16N4. The zero-order chi connectivity index (χ0) is 16.8. The van der Waals surface area contributed by atoms with Gasteiger partial charge < -0.3 is 4.98 Å². The van der Waals surface area contributed by atoms with Crippen molar-refractivity contribution in [2.75, 3.05) is 0 Å². The second-order valence-corrected chi connectivity index (χ2v) is 6.26. The van der Waals surface area contributed by atoms with E-state index in [1.807, 2.05) is 18.7 Å². The summed E-state index contributed by atoms with van der Waals surface area (Å²) in [5.41, 5.74) is 7.69. The number of aryl methyl sites for hydroxylation is 1. The molecule has 2 aromatic carbocycles. The number of pyridine rings is 1. The predicted molar refractivity (Wildman–Crippen MR) is 101 cm³/mol. The van der Waals surface area contributed by atoms with Crippen molar-refractivity contribution in [1.82, 2.24) is 19.5 Å². The van der Waals surface area contributed by atoms with Crippen LogP contribution in [0.15, 0.2) is 73.3 Å². The van der Waals surface area contributed by atoms with E-state index in [-0.39, 0.29) is 0 Å². The van der Waals surface area contributed by atoms with E-state index in [0.29, 0.717) is 0 Å². The first kappa shape index (κ1) is 14.0. The van der Waals surface area contributed by atoms with Crippen LogP contribution in [0.2, 0.25) is 0 Å². The van der Waals surface area contributed by atoms with Crippen molar-refractivity contribution in [2.24, 2.45) is 0 Å². The lowest BCUT2D eigenvalue weighted by Crippen LogP contribution is -1.92. The highest BCUT2D eigenvalue weighted by Gasteiger charge is 2.10. The van der Waals surface area contributed by atoms with Crippen molar-refractivity contribution in [3.05, 3.63) is 78.9 Å². The zero-order valence-electron chi connectivity index (χ0n) is 13.8. The van der Waals surface area contributed by atoms with E-state index in [1.54, 1.807) is 0 Å². The molecule has 5 rings (SSSR count). The van der Waals surface area contributed by atoms with E-state index in [9.17, 15) is 0 Å². The summed E-state index contributed by atoms with van der Waals surface area (Å²) in [5.74, 6) is 0. The number of fused-ring (bicyclic) bond motifs is 2. The molecule has 0 atom stereocenters. The Bertz CT molecular complexity index is 1210. The van der Waals surface area contributed by atoms with E-state index in [0.717, 1.165) is 33.3 Å². The molecule has 0 aliphatic rings. The predicted octanol–water partition coefficient (Wildman–Crippen LogP) is 4.88. The van der Waals surface area contributed by atoms with Crippen LogP contribution < -0.4 is 0 Å². The number of hydrogen-bond donors (Lipinski definition) is 1. The molecule has 0 saturated carbocycles. The average Bonchev–Trinajstić information content (AvgIpc) is 3.27. The van der Waals surface area contributed by atoms with Gasteiger partial charge in [0.15, 0.2) is 0 Å². The molecule has 0 fully saturated rings. The van der Waals surface area contributed by atoms with Crippen molar-refractivity contribution in [2.45, 2.75) is 6.92 Å². The summed E-state index contributed by atoms with van der Waals surface area (Å²) in [6, 6.07) is 19.0. The minimum Gasteiger partial charge on any atom is -0.346 e. The second kappa shape index (κ2) is 5.31. The first-order valence-corrected chi connectivity index (χ1v) is 8.26. The molecular weight excluding hydrogens is 308 g/mol. The average molecular weight is 324 g/mol. The van der Waals surface area contributed by atoms with Crippen LogP contribution in [0.3, 0.4) is 0 Å². The Kier molecular flexibility index (Phi) is 2.97. The van der Waals surface area contributed by atoms with Crippen LogP contribution in [0.4, 0.5) is 0 Å². The Morgan fingerprint density at radius 3 is 2.84 bits per heavy atom. The fourth-order valence-corrected chi connectivity index (χ4v) is 3.37. The van der Waals surface area contributed by atoms with Crippen LogP contribution in [0, 0.1) is 6.92 Å². The van der Waals surface area contributed by atoms with Gasteiger partial charge in [-0.25, -0.2) is 9.97 Å². The number of nitrogens with one attached hydrogen (secondary N) is 1. The summed E-state index contributed by atoms with van der Waals surface area (Å²) in [5, 5.41) is 1.13. The molecule has 0 radical (unpaired) electrons. The number of hydrogen-bond acceptors (Lipinski definition) is 2. The van der Waals surface area contributed by atoms with E-state index in [4.69, 9.17) is 0 Å². The Labute approximate surface area is 144 Å². The maximum absolute atomic E-state index is 4.56. The first-order chi connectivity index (χ1) is 12.3. The van der Waals surface area contributed by atoms with E-state index in [1.165, 1.54) is 11.1 Å². The molecule has 0 saturated heterocycles. The molecule has 0 amide bonds. The lowest BCUT2D eigenvalue weighted by atomic mass is 10.0. The minimum absolute atomic E-state index is 0.907. The molecule has 3 heterocycles. The highest BCUT2D eigenvalue weighted by Crippen LogP contribution is 2.30. The second-order valence-electron chi connectivity index (χ2n) is 6.26. The number of aromatic amines is 1. The number of imidazole rings is 1. The van der Waals surface area contributed by atoms with Crippen molar-refractivity contribution in [1.29, 1.82) is 0 Å². The van der Waals surface area contributed by atoms with Crippen LogP contribution >= 0.6 is 0 Å². The molecule has 120 valence electrons. The van der Waals surface area contributed by atoms with Gasteiger partial charge in [0.05, 0.1) is 11.0 Å². The third kappa shape index (κ3) is 2.22. The molecule has 4 nitrogen and oxygen atoms in total. The smallest absolute Gasteiger partial charge is 0.137 e. The molecule has 3 aromatic heterocycles. The van der Waals surface area contributed by atoms with Crippen LogP contribution in [0.5, 0.6) is 0 Å². The lowest BCUT2D eigenvalue weighted by Gasteiger charge is -2.08. The van der Waals surface area contributed by atoms with Gasteiger partial charge >= 0.3 is 0 Å². The van der Waals surface area contributed by atoms with E-state index < -0.39 is 0 Å². The molecule has 0 aliphatic heterocycles. The van der Waals surface area contributed by atoms with Crippen molar-refractivity contribution < 1.29 is 0 Å². The molecule has 0 aliphatic carbocycles. The Morgan fingerprint density at radius 1 is 0.960 bits per heavy atom. The third-order valence-electron chi connectivity index (χ3n) is 4.60. The fraction of sp³-hybridized carbons (Fsp3) is 0.0476. The van der Waals surface area contributed by atoms with Gasteiger partial charge in [-0.3, -0.25) is 4.57 Å². The van der Waals surface area contributed by atoms with Gasteiger partial charge in [-0.15, -0.1) is 0 Å². The van der Waals surface area contributed by atoms with Crippen molar-refractivity contribution in [3.63, 3.8) is 0 Å². The SMILES string of the molecule is Cc1cccc(-n2cnc3ccc(-c4ccnc5[nH]ccc45)cc32)c1. The standard InChI is InChI=1S/C21H16N4/c1-14-3-2-4-16(11-14)25-13-24-19-6-5-15(12-20(19)25)17-7-9-22-21-18(17)8-10-23-21/h2-13H,1H3,(H,22,23). The summed E-state index contributed by atoms with van der Waals surface area (Å²) in [7, 11) is 0. The van der Waals surface area contributed by atoms with Crippen molar-refractivity contribution in [3.8, 4) is 16.8 Å². The lowest BCUT2D eigenvalue weighted by molar-refractivity contribution is 1.09. The molecule has 0 spiro atoms. The normalized spacial score (nSPS) is 11.4. The number of nitrogens with zero attached hydrogens (tertiary/aromatic N) is 3. The molecule has 25 heavy (non-hydrogen) atoms. The summed E-state index contributed by atoms with van der Waals surface area (Å²) in [4.78, 5) is 12.1. The maximum atomic E-state index is 4.56. The highest BCUT2D eigenvalue weighted by molar-refractivity contribution is 5.95. The van der Waals surface area contributed by atoms with Crippen LogP contribution in [0.1, 0.15) is 5.56 Å². The van der Waals surface area contributed by atoms with Crippen LogP contribution in [-0.2, 0) is 0 Å². The summed E-state index contributed by atoms with van der Waals surface area (Å²) < 4.78 is 2.14. The highest BCUT2D eigenvalue weighted by atomic mass is 15.0. The van der Waals surface area contributed by atoms with E-state index >= 15 is 0 Å². The van der Waals surface area contributed by atoms with Gasteiger partial charge in [0, 0.05) is 23.5 Å².